The Morgan fingerprint density at radius 1 is 1.09 bits per heavy atom. The third-order valence-electron chi connectivity index (χ3n) is 3.84. The first-order valence-electron chi connectivity index (χ1n) is 7.37. The predicted octanol–water partition coefficient (Wildman–Crippen LogP) is 1.69. The van der Waals surface area contributed by atoms with Gasteiger partial charge in [0.15, 0.2) is 5.69 Å². The molecule has 1 N–H and O–H groups in total. The van der Waals surface area contributed by atoms with Gasteiger partial charge < -0.3 is 9.52 Å². The van der Waals surface area contributed by atoms with Crippen LogP contribution in [0, 0.1) is 0 Å². The molecule has 0 amide bonds. The van der Waals surface area contributed by atoms with E-state index in [-0.39, 0.29) is 5.69 Å². The van der Waals surface area contributed by atoms with Gasteiger partial charge in [-0.3, -0.25) is 9.80 Å². The summed E-state index contributed by atoms with van der Waals surface area (Å²) in [4.78, 5) is 19.4. The zero-order valence-corrected chi connectivity index (χ0v) is 12.3. The SMILES string of the molecule is O=C(O)c1coc(CN2CCN(Cc3ccccc3)CC2)n1. The van der Waals surface area contributed by atoms with Gasteiger partial charge in [0.1, 0.15) is 6.26 Å². The van der Waals surface area contributed by atoms with Crippen molar-refractivity contribution < 1.29 is 14.3 Å². The number of carbonyl (C=O) groups is 1. The van der Waals surface area contributed by atoms with Crippen LogP contribution in [-0.4, -0.2) is 52.0 Å². The molecule has 116 valence electrons. The Morgan fingerprint density at radius 3 is 2.32 bits per heavy atom. The van der Waals surface area contributed by atoms with E-state index >= 15 is 0 Å². The number of nitrogens with zero attached hydrogens (tertiary/aromatic N) is 3. The highest BCUT2D eigenvalue weighted by Crippen LogP contribution is 2.11. The molecule has 22 heavy (non-hydrogen) atoms. The maximum atomic E-state index is 10.8. The second-order valence-corrected chi connectivity index (χ2v) is 5.47. The fraction of sp³-hybridized carbons (Fsp3) is 0.375. The van der Waals surface area contributed by atoms with Crippen LogP contribution in [0.3, 0.4) is 0 Å². The molecule has 6 heteroatoms. The number of hydrogen-bond acceptors (Lipinski definition) is 5. The molecule has 2 aromatic rings. The summed E-state index contributed by atoms with van der Waals surface area (Å²) in [5.74, 6) is -0.586. The number of carboxylic acids is 1. The lowest BCUT2D eigenvalue weighted by Crippen LogP contribution is -2.45. The zero-order chi connectivity index (χ0) is 15.4. The van der Waals surface area contributed by atoms with Crippen molar-refractivity contribution in [3.05, 3.63) is 53.7 Å². The number of aromatic carboxylic acids is 1. The van der Waals surface area contributed by atoms with Crippen molar-refractivity contribution in [3.63, 3.8) is 0 Å². The molecule has 1 aromatic carbocycles. The van der Waals surface area contributed by atoms with Crippen molar-refractivity contribution in [2.45, 2.75) is 13.1 Å². The average molecular weight is 301 g/mol. The first kappa shape index (κ1) is 14.7. The van der Waals surface area contributed by atoms with Crippen LogP contribution in [0.4, 0.5) is 0 Å². The summed E-state index contributed by atoms with van der Waals surface area (Å²) < 4.78 is 5.20. The second-order valence-electron chi connectivity index (χ2n) is 5.47. The van der Waals surface area contributed by atoms with Gasteiger partial charge in [-0.25, -0.2) is 9.78 Å². The van der Waals surface area contributed by atoms with Crippen LogP contribution in [0.15, 0.2) is 41.0 Å². The maximum Gasteiger partial charge on any atom is 0.357 e. The molecule has 6 nitrogen and oxygen atoms in total. The van der Waals surface area contributed by atoms with Crippen LogP contribution < -0.4 is 0 Å². The normalized spacial score (nSPS) is 16.7. The molecule has 1 saturated heterocycles. The molecule has 0 aliphatic carbocycles. The van der Waals surface area contributed by atoms with Gasteiger partial charge in [-0.15, -0.1) is 0 Å². The van der Waals surface area contributed by atoms with Crippen LogP contribution in [0.5, 0.6) is 0 Å². The Hall–Kier alpha value is -2.18. The molecule has 1 aliphatic rings. The Bertz CT molecular complexity index is 619. The number of carboxylic acid groups (broad SMARTS) is 1. The molecule has 2 heterocycles. The lowest BCUT2D eigenvalue weighted by atomic mass is 10.2. The van der Waals surface area contributed by atoms with E-state index in [0.29, 0.717) is 12.4 Å². The third-order valence-corrected chi connectivity index (χ3v) is 3.84. The molecule has 1 fully saturated rings. The van der Waals surface area contributed by atoms with Crippen LogP contribution in [-0.2, 0) is 13.1 Å². The third kappa shape index (κ3) is 3.72. The first-order chi connectivity index (χ1) is 10.7. The lowest BCUT2D eigenvalue weighted by molar-refractivity contribution is 0.0690. The number of oxazole rings is 1. The fourth-order valence-electron chi connectivity index (χ4n) is 2.62. The average Bonchev–Trinajstić information content (AvgIpc) is 2.99. The van der Waals surface area contributed by atoms with Gasteiger partial charge >= 0.3 is 5.97 Å². The molecule has 0 saturated carbocycles. The molecule has 0 bridgehead atoms. The smallest absolute Gasteiger partial charge is 0.357 e. The van der Waals surface area contributed by atoms with Gasteiger partial charge in [-0.2, -0.15) is 0 Å². The molecule has 1 aliphatic heterocycles. The van der Waals surface area contributed by atoms with Crippen molar-refractivity contribution in [3.8, 4) is 0 Å². The molecule has 0 radical (unpaired) electrons. The van der Waals surface area contributed by atoms with Gasteiger partial charge in [-0.05, 0) is 5.56 Å². The number of piperazine rings is 1. The minimum Gasteiger partial charge on any atom is -0.476 e. The van der Waals surface area contributed by atoms with Gasteiger partial charge in [0.05, 0.1) is 6.54 Å². The van der Waals surface area contributed by atoms with Crippen molar-refractivity contribution in [2.75, 3.05) is 26.2 Å². The molecule has 0 unspecified atom stereocenters. The van der Waals surface area contributed by atoms with Crippen LogP contribution in [0.2, 0.25) is 0 Å². The highest BCUT2D eigenvalue weighted by atomic mass is 16.4. The van der Waals surface area contributed by atoms with E-state index in [9.17, 15) is 4.79 Å². The summed E-state index contributed by atoms with van der Waals surface area (Å²) in [6, 6.07) is 10.4. The Labute approximate surface area is 129 Å². The summed E-state index contributed by atoms with van der Waals surface area (Å²) in [5.41, 5.74) is 1.30. The van der Waals surface area contributed by atoms with E-state index in [1.165, 1.54) is 11.8 Å². The highest BCUT2D eigenvalue weighted by Gasteiger charge is 2.19. The number of rotatable bonds is 5. The van der Waals surface area contributed by atoms with Crippen molar-refractivity contribution >= 4 is 5.97 Å². The standard InChI is InChI=1S/C16H19N3O3/c20-16(21)14-12-22-15(17-14)11-19-8-6-18(7-9-19)10-13-4-2-1-3-5-13/h1-5,12H,6-11H2,(H,20,21). The zero-order valence-electron chi connectivity index (χ0n) is 12.3. The van der Waals surface area contributed by atoms with Crippen molar-refractivity contribution in [1.29, 1.82) is 0 Å². The number of hydrogen-bond donors (Lipinski definition) is 1. The van der Waals surface area contributed by atoms with Crippen LogP contribution in [0.25, 0.3) is 0 Å². The van der Waals surface area contributed by atoms with Crippen LogP contribution in [0.1, 0.15) is 21.9 Å². The molecule has 0 spiro atoms. The lowest BCUT2D eigenvalue weighted by Gasteiger charge is -2.34. The minimum absolute atomic E-state index is 0.0299. The fourth-order valence-corrected chi connectivity index (χ4v) is 2.62. The van der Waals surface area contributed by atoms with E-state index < -0.39 is 5.97 Å². The quantitative estimate of drug-likeness (QED) is 0.906. The number of benzene rings is 1. The Balaban J connectivity index is 1.48. The summed E-state index contributed by atoms with van der Waals surface area (Å²) in [6.45, 7) is 5.36. The Kier molecular flexibility index (Phi) is 4.50. The summed E-state index contributed by atoms with van der Waals surface area (Å²) in [6.07, 6.45) is 1.20. The van der Waals surface area contributed by atoms with Gasteiger partial charge in [0.25, 0.3) is 0 Å². The van der Waals surface area contributed by atoms with E-state index in [1.54, 1.807) is 0 Å². The first-order valence-corrected chi connectivity index (χ1v) is 7.37. The molecular weight excluding hydrogens is 282 g/mol. The largest absolute Gasteiger partial charge is 0.476 e. The Morgan fingerprint density at radius 2 is 1.73 bits per heavy atom. The van der Waals surface area contributed by atoms with Gasteiger partial charge in [-0.1, -0.05) is 30.3 Å². The molecule has 1 aromatic heterocycles. The summed E-state index contributed by atoms with van der Waals surface area (Å²) >= 11 is 0. The van der Waals surface area contributed by atoms with E-state index in [2.05, 4.69) is 39.0 Å². The maximum absolute atomic E-state index is 10.8. The van der Waals surface area contributed by atoms with Crippen molar-refractivity contribution in [2.24, 2.45) is 0 Å². The van der Waals surface area contributed by atoms with Crippen LogP contribution >= 0.6 is 0 Å². The van der Waals surface area contributed by atoms with E-state index in [1.807, 2.05) is 6.07 Å². The summed E-state index contributed by atoms with van der Waals surface area (Å²) in [7, 11) is 0. The van der Waals surface area contributed by atoms with Gasteiger partial charge in [0, 0.05) is 32.7 Å². The second kappa shape index (κ2) is 6.72. The molecule has 3 rings (SSSR count). The minimum atomic E-state index is -1.05. The summed E-state index contributed by atoms with van der Waals surface area (Å²) in [5, 5.41) is 8.84. The predicted molar refractivity (Wildman–Crippen MR) is 80.5 cm³/mol. The topological polar surface area (TPSA) is 69.8 Å². The molecular formula is C16H19N3O3. The molecule has 0 atom stereocenters. The van der Waals surface area contributed by atoms with E-state index in [4.69, 9.17) is 9.52 Å². The highest BCUT2D eigenvalue weighted by molar-refractivity contribution is 5.84. The van der Waals surface area contributed by atoms with E-state index in [0.717, 1.165) is 32.7 Å². The van der Waals surface area contributed by atoms with Crippen molar-refractivity contribution in [1.82, 2.24) is 14.8 Å². The monoisotopic (exact) mass is 301 g/mol. The van der Waals surface area contributed by atoms with Gasteiger partial charge in [0.2, 0.25) is 5.89 Å². The number of aromatic nitrogens is 1.